The van der Waals surface area contributed by atoms with Crippen LogP contribution in [0.1, 0.15) is 17.9 Å². The molecule has 1 aliphatic heterocycles. The summed E-state index contributed by atoms with van der Waals surface area (Å²) >= 11 is 3.41. The molecular weight excluding hydrogens is 408 g/mol. The topological polar surface area (TPSA) is 69.9 Å². The van der Waals surface area contributed by atoms with Crippen LogP contribution in [0.5, 0.6) is 5.75 Å². The number of aromatic nitrogens is 2. The maximum absolute atomic E-state index is 12.6. The van der Waals surface area contributed by atoms with E-state index in [1.165, 1.54) is 9.96 Å². The van der Waals surface area contributed by atoms with Crippen LogP contribution in [-0.2, 0) is 0 Å². The summed E-state index contributed by atoms with van der Waals surface area (Å²) in [5.41, 5.74) is 1.70. The van der Waals surface area contributed by atoms with Gasteiger partial charge in [0.15, 0.2) is 0 Å². The second-order valence-corrected chi connectivity index (χ2v) is 7.89. The Morgan fingerprint density at radius 2 is 1.96 bits per heavy atom. The molecule has 3 heterocycles. The summed E-state index contributed by atoms with van der Waals surface area (Å²) in [6.45, 7) is 1.83. The van der Waals surface area contributed by atoms with Crippen LogP contribution in [0.25, 0.3) is 5.65 Å². The van der Waals surface area contributed by atoms with Gasteiger partial charge in [0, 0.05) is 25.3 Å². The third kappa shape index (κ3) is 3.70. The Hall–Kier alpha value is -2.38. The van der Waals surface area contributed by atoms with Gasteiger partial charge in [0.25, 0.3) is 5.56 Å². The second-order valence-electron chi connectivity index (χ2n) is 7.10. The van der Waals surface area contributed by atoms with Gasteiger partial charge in [-0.2, -0.15) is 0 Å². The zero-order valence-corrected chi connectivity index (χ0v) is 16.6. The van der Waals surface area contributed by atoms with Crippen LogP contribution in [0.4, 0.5) is 5.82 Å². The van der Waals surface area contributed by atoms with Gasteiger partial charge in [-0.05, 0) is 65.1 Å². The van der Waals surface area contributed by atoms with Gasteiger partial charge in [-0.3, -0.25) is 9.20 Å². The first kappa shape index (κ1) is 18.0. The molecule has 1 aliphatic rings. The smallest absolute Gasteiger partial charge is 0.274 e. The zero-order valence-electron chi connectivity index (χ0n) is 15.0. The van der Waals surface area contributed by atoms with Crippen LogP contribution in [-0.4, -0.2) is 45.6 Å². The molecule has 7 heteroatoms. The van der Waals surface area contributed by atoms with E-state index in [4.69, 9.17) is 0 Å². The molecule has 0 radical (unpaired) electrons. The highest BCUT2D eigenvalue weighted by Crippen LogP contribution is 2.29. The Labute approximate surface area is 165 Å². The largest absolute Gasteiger partial charge is 0.508 e. The van der Waals surface area contributed by atoms with E-state index >= 15 is 0 Å². The molecule has 0 spiro atoms. The number of piperidine rings is 1. The van der Waals surface area contributed by atoms with Crippen molar-refractivity contribution < 1.29 is 5.11 Å². The molecule has 0 saturated carbocycles. The van der Waals surface area contributed by atoms with Crippen LogP contribution in [0, 0.1) is 0 Å². The van der Waals surface area contributed by atoms with Gasteiger partial charge in [0.05, 0.1) is 0 Å². The second kappa shape index (κ2) is 7.32. The van der Waals surface area contributed by atoms with E-state index in [0.29, 0.717) is 21.9 Å². The lowest BCUT2D eigenvalue weighted by molar-refractivity contribution is 0.235. The number of likely N-dealkylation sites (tertiary alicyclic amines) is 1. The number of hydrogen-bond acceptors (Lipinski definition) is 5. The fourth-order valence-corrected chi connectivity index (χ4v) is 4.16. The van der Waals surface area contributed by atoms with Crippen LogP contribution < -0.4 is 10.9 Å². The molecule has 140 valence electrons. The molecule has 1 fully saturated rings. The number of benzene rings is 1. The standard InChI is InChI=1S/C20H21BrN4O2/c1-24-11-14(13-5-7-16(26)8-6-13)10-15(12-24)22-19-18(21)20(27)25-9-3-2-4-17(25)23-19/h2-9,14-15,22,26H,10-12H2,1H3/t14-,15?/m0/s1. The molecule has 1 unspecified atom stereocenters. The predicted octanol–water partition coefficient (Wildman–Crippen LogP) is 3.06. The van der Waals surface area contributed by atoms with Crippen molar-refractivity contribution in [2.45, 2.75) is 18.4 Å². The highest BCUT2D eigenvalue weighted by molar-refractivity contribution is 9.10. The SMILES string of the molecule is CN1CC(Nc2nc3ccccn3c(=O)c2Br)C[C@H](c2ccc(O)cc2)C1. The Kier molecular flexibility index (Phi) is 4.88. The lowest BCUT2D eigenvalue weighted by Crippen LogP contribution is -2.43. The molecule has 27 heavy (non-hydrogen) atoms. The monoisotopic (exact) mass is 428 g/mol. The van der Waals surface area contributed by atoms with Crippen LogP contribution in [0.3, 0.4) is 0 Å². The molecule has 4 rings (SSSR count). The van der Waals surface area contributed by atoms with E-state index < -0.39 is 0 Å². The lowest BCUT2D eigenvalue weighted by Gasteiger charge is -2.36. The minimum atomic E-state index is -0.123. The number of nitrogens with zero attached hydrogens (tertiary/aromatic N) is 3. The molecule has 3 aromatic rings. The van der Waals surface area contributed by atoms with Crippen molar-refractivity contribution >= 4 is 27.4 Å². The van der Waals surface area contributed by atoms with Gasteiger partial charge in [-0.15, -0.1) is 0 Å². The molecule has 2 N–H and O–H groups in total. The van der Waals surface area contributed by atoms with Crippen molar-refractivity contribution in [1.82, 2.24) is 14.3 Å². The van der Waals surface area contributed by atoms with E-state index in [0.717, 1.165) is 19.5 Å². The highest BCUT2D eigenvalue weighted by atomic mass is 79.9. The number of halogens is 1. The van der Waals surface area contributed by atoms with Crippen molar-refractivity contribution in [3.8, 4) is 5.75 Å². The molecule has 2 aromatic heterocycles. The summed E-state index contributed by atoms with van der Waals surface area (Å²) in [5, 5.41) is 13.0. The number of aromatic hydroxyl groups is 1. The van der Waals surface area contributed by atoms with Gasteiger partial charge in [0.2, 0.25) is 0 Å². The number of anilines is 1. The van der Waals surface area contributed by atoms with E-state index in [1.807, 2.05) is 30.3 Å². The number of hydrogen-bond donors (Lipinski definition) is 2. The quantitative estimate of drug-likeness (QED) is 0.670. The number of phenolic OH excluding ortho intramolecular Hbond substituents is 1. The van der Waals surface area contributed by atoms with Crippen molar-refractivity contribution in [1.29, 1.82) is 0 Å². The van der Waals surface area contributed by atoms with Crippen LogP contribution in [0.15, 0.2) is 57.9 Å². The van der Waals surface area contributed by atoms with E-state index in [9.17, 15) is 9.90 Å². The lowest BCUT2D eigenvalue weighted by atomic mass is 9.88. The van der Waals surface area contributed by atoms with Crippen molar-refractivity contribution in [2.75, 3.05) is 25.5 Å². The summed E-state index contributed by atoms with van der Waals surface area (Å²) in [6.07, 6.45) is 2.64. The number of likely N-dealkylation sites (N-methyl/N-ethyl adjacent to an activating group) is 1. The fraction of sp³-hybridized carbons (Fsp3) is 0.300. The first-order chi connectivity index (χ1) is 13.0. The third-order valence-corrected chi connectivity index (χ3v) is 5.73. The van der Waals surface area contributed by atoms with Crippen molar-refractivity contribution in [3.63, 3.8) is 0 Å². The van der Waals surface area contributed by atoms with E-state index in [2.05, 4.69) is 38.2 Å². The van der Waals surface area contributed by atoms with Gasteiger partial charge in [-0.25, -0.2) is 4.98 Å². The van der Waals surface area contributed by atoms with Gasteiger partial charge in [-0.1, -0.05) is 18.2 Å². The zero-order chi connectivity index (χ0) is 19.0. The average Bonchev–Trinajstić information content (AvgIpc) is 2.66. The summed E-state index contributed by atoms with van der Waals surface area (Å²) in [6, 6.07) is 13.1. The number of nitrogens with one attached hydrogen (secondary N) is 1. The van der Waals surface area contributed by atoms with Crippen molar-refractivity contribution in [2.24, 2.45) is 0 Å². The number of fused-ring (bicyclic) bond motifs is 1. The number of phenols is 1. The molecule has 0 aliphatic carbocycles. The fourth-order valence-electron chi connectivity index (χ4n) is 3.77. The Morgan fingerprint density at radius 1 is 1.19 bits per heavy atom. The minimum absolute atomic E-state index is 0.123. The first-order valence-corrected chi connectivity index (χ1v) is 9.71. The van der Waals surface area contributed by atoms with Crippen molar-refractivity contribution in [3.05, 3.63) is 69.1 Å². The molecule has 1 aromatic carbocycles. The maximum atomic E-state index is 12.6. The molecule has 2 atom stereocenters. The molecule has 0 amide bonds. The first-order valence-electron chi connectivity index (χ1n) is 8.92. The Morgan fingerprint density at radius 3 is 2.74 bits per heavy atom. The average molecular weight is 429 g/mol. The van der Waals surface area contributed by atoms with Gasteiger partial charge < -0.3 is 15.3 Å². The molecule has 0 bridgehead atoms. The third-order valence-electron chi connectivity index (χ3n) is 5.02. The van der Waals surface area contributed by atoms with Crippen LogP contribution >= 0.6 is 15.9 Å². The Balaban J connectivity index is 1.60. The van der Waals surface area contributed by atoms with Gasteiger partial charge >= 0.3 is 0 Å². The maximum Gasteiger partial charge on any atom is 0.274 e. The molecule has 1 saturated heterocycles. The minimum Gasteiger partial charge on any atom is -0.508 e. The van der Waals surface area contributed by atoms with Crippen LogP contribution in [0.2, 0.25) is 0 Å². The van der Waals surface area contributed by atoms with E-state index in [-0.39, 0.29) is 17.4 Å². The molecular formula is C20H21BrN4O2. The summed E-state index contributed by atoms with van der Waals surface area (Å²) < 4.78 is 1.97. The summed E-state index contributed by atoms with van der Waals surface area (Å²) in [7, 11) is 2.10. The summed E-state index contributed by atoms with van der Waals surface area (Å²) in [4.78, 5) is 19.5. The van der Waals surface area contributed by atoms with E-state index in [1.54, 1.807) is 18.3 Å². The van der Waals surface area contributed by atoms with Gasteiger partial charge in [0.1, 0.15) is 21.7 Å². The Bertz CT molecular complexity index is 1020. The molecule has 6 nitrogen and oxygen atoms in total. The predicted molar refractivity (Wildman–Crippen MR) is 110 cm³/mol. The summed E-state index contributed by atoms with van der Waals surface area (Å²) in [5.74, 6) is 1.21. The normalized spacial score (nSPS) is 20.7. The number of rotatable bonds is 3. The highest BCUT2D eigenvalue weighted by Gasteiger charge is 2.27. The number of pyridine rings is 1.